The largest absolute Gasteiger partial charge is 1.00 e. The number of benzene rings is 6. The Kier molecular flexibility index (Phi) is 46.7. The molecule has 0 radical (unpaired) electrons. The molecule has 12 aromatic rings. The first-order valence-electron chi connectivity index (χ1n) is 51.6. The number of aryl methyl sites for hydroxylation is 6. The van der Waals surface area contributed by atoms with Crippen LogP contribution in [0.1, 0.15) is 296 Å². The van der Waals surface area contributed by atoms with Crippen LogP contribution in [-0.2, 0) is 64.6 Å². The number of aromatic nitrogens is 6. The second-order valence-corrected chi connectivity index (χ2v) is 41.2. The number of ether oxygens (including phenoxy) is 4. The van der Waals surface area contributed by atoms with Crippen LogP contribution in [0.25, 0.3) is 0 Å². The van der Waals surface area contributed by atoms with E-state index in [0.717, 1.165) is 59.0 Å². The molecular formula is C123H163N6O19+7. The van der Waals surface area contributed by atoms with Gasteiger partial charge in [-0.1, -0.05) is 143 Å². The maximum absolute atomic E-state index is 12.2. The van der Waals surface area contributed by atoms with E-state index in [-0.39, 0.29) is 139 Å². The van der Waals surface area contributed by atoms with Gasteiger partial charge in [-0.15, -0.1) is 0 Å². The van der Waals surface area contributed by atoms with Gasteiger partial charge in [0.05, 0.1) is 99.7 Å². The smallest absolute Gasteiger partial charge is 0.497 e. The highest BCUT2D eigenvalue weighted by Crippen LogP contribution is 2.58. The van der Waals surface area contributed by atoms with E-state index >= 15 is 0 Å². The summed E-state index contributed by atoms with van der Waals surface area (Å²) in [5.74, 6) is 1.34. The predicted octanol–water partition coefficient (Wildman–Crippen LogP) is 14.3. The molecule has 1 fully saturated rings. The fourth-order valence-electron chi connectivity index (χ4n) is 21.3. The Hall–Kier alpha value is -11.7. The van der Waals surface area contributed by atoms with Gasteiger partial charge in [-0.05, 0) is 261 Å². The van der Waals surface area contributed by atoms with Crippen LogP contribution < -0.4 is 36.9 Å². The molecule has 25 heteroatoms. The zero-order valence-electron chi connectivity index (χ0n) is 88.7. The van der Waals surface area contributed by atoms with Crippen molar-refractivity contribution in [2.24, 2.45) is 42.3 Å². The number of hydrogen-bond acceptors (Lipinski definition) is 19. The maximum Gasteiger partial charge on any atom is 1.00 e. The highest BCUT2D eigenvalue weighted by Gasteiger charge is 2.45. The minimum Gasteiger partial charge on any atom is -0.497 e. The molecule has 6 aromatic carbocycles. The van der Waals surface area contributed by atoms with Crippen molar-refractivity contribution in [1.82, 2.24) is 0 Å². The molecule has 7 heterocycles. The van der Waals surface area contributed by atoms with E-state index in [1.54, 1.807) is 41.9 Å². The van der Waals surface area contributed by atoms with Crippen molar-refractivity contribution in [3.63, 3.8) is 0 Å². The van der Waals surface area contributed by atoms with E-state index in [0.29, 0.717) is 29.5 Å². The van der Waals surface area contributed by atoms with Gasteiger partial charge < -0.3 is 80.2 Å². The number of pyridine rings is 6. The highest BCUT2D eigenvalue weighted by atomic mass is 16.7. The van der Waals surface area contributed by atoms with E-state index in [4.69, 9.17) is 29.2 Å². The summed E-state index contributed by atoms with van der Waals surface area (Å²) in [5.41, 5.74) is 17.0. The summed E-state index contributed by atoms with van der Waals surface area (Å²) in [5, 5.41) is 119. The van der Waals surface area contributed by atoms with Crippen LogP contribution in [-0.4, -0.2) is 180 Å². The first-order chi connectivity index (χ1) is 70.4. The highest BCUT2D eigenvalue weighted by molar-refractivity contribution is 5.76. The Morgan fingerprint density at radius 3 is 0.784 bits per heavy atom. The third kappa shape index (κ3) is 35.8. The number of hydrogen-bond donors (Lipinski definition) is 12. The van der Waals surface area contributed by atoms with Crippen LogP contribution in [0.5, 0.6) is 11.5 Å². The lowest BCUT2D eigenvalue weighted by Gasteiger charge is -2.42. The van der Waals surface area contributed by atoms with Crippen molar-refractivity contribution in [3.05, 3.63) is 382 Å². The number of nitrogens with zero attached hydrogens (tertiary/aromatic N) is 6. The van der Waals surface area contributed by atoms with Crippen LogP contribution in [0.3, 0.4) is 0 Å². The first kappa shape index (κ1) is 118. The molecule has 792 valence electrons. The zero-order valence-corrected chi connectivity index (χ0v) is 87.7. The van der Waals surface area contributed by atoms with Gasteiger partial charge in [-0.25, -0.2) is 27.4 Å². The standard InChI is InChI=1S/C61H78N3O9.C46H48N3O3.C15H32O7.CH4/c1-40(66)32-51(68)35-53(70)37-56-38-55(36-52(69)33-41(2)67)72-61(73-56)50-14-8-43(9-15-50)34-57(46-22-28-63(5)29-23-46)59(49-24-30-64(6)31-25-49)60(48-12-10-44(39-65)11-13-48)58(47-16-18-54(71-7)19-17-47)42(3)45-20-26-62(4)27-21-45;1-33(37-18-24-47(2)25-19-37)44(39-14-16-42(52-5)17-15-39)46(40-12-10-36(32-51)11-13-40)45(41-22-28-49(4)29-23-41)43(38-20-26-48(3)27-21-38)30-34-6-8-35(31-50)9-7-34;1-9(16)3-11(18)5-13(20)7-15(22)8-14(21)6-12(19)4-10(2)17;/h8-31,39-42,51-53,55-61,66-70H,32-38H2,1-7H3;6-29,31-33,43-46H,30H2,1-5H3;9-22H,3-8H2,1-2H3;1H4/q2*+3;;/p+1/t40?,41?,42-,51?,52?,53?,55?,56?,57?,58?,59?,60?,61?;33-,43?,44?,45?,46?;;/m00../s1. The average Bonchev–Trinajstić information content (AvgIpc) is 0.758. The van der Waals surface area contributed by atoms with Gasteiger partial charge in [0.2, 0.25) is 0 Å². The van der Waals surface area contributed by atoms with Gasteiger partial charge >= 0.3 is 1.43 Å². The van der Waals surface area contributed by atoms with Crippen molar-refractivity contribution in [3.8, 4) is 11.5 Å². The Morgan fingerprint density at radius 2 is 0.507 bits per heavy atom. The molecule has 22 unspecified atom stereocenters. The summed E-state index contributed by atoms with van der Waals surface area (Å²) in [7, 11) is 15.6. The van der Waals surface area contributed by atoms with E-state index in [9.17, 15) is 65.4 Å². The quantitative estimate of drug-likeness (QED) is 0.0124. The second kappa shape index (κ2) is 58.4. The number of carbonyl (C=O) groups excluding carboxylic acids is 3. The maximum atomic E-state index is 12.2. The molecular weight excluding hydrogens is 1870 g/mol. The molecule has 0 bridgehead atoms. The van der Waals surface area contributed by atoms with Crippen molar-refractivity contribution in [2.75, 3.05) is 14.2 Å². The average molecular weight is 2030 g/mol. The molecule has 25 nitrogen and oxygen atoms in total. The third-order valence-corrected chi connectivity index (χ3v) is 28.8. The Labute approximate surface area is 876 Å². The lowest BCUT2D eigenvalue weighted by atomic mass is 9.61. The van der Waals surface area contributed by atoms with Gasteiger partial charge in [-0.2, -0.15) is 0 Å². The van der Waals surface area contributed by atoms with E-state index in [2.05, 4.69) is 293 Å². The topological polar surface area (TPSA) is 354 Å². The van der Waals surface area contributed by atoms with E-state index in [1.165, 1.54) is 50.1 Å². The van der Waals surface area contributed by atoms with E-state index in [1.807, 2.05) is 83.8 Å². The number of aliphatic hydroxyl groups excluding tert-OH is 12. The van der Waals surface area contributed by atoms with Gasteiger partial charge in [-0.3, -0.25) is 14.4 Å². The lowest BCUT2D eigenvalue weighted by Crippen LogP contribution is -2.38. The fourth-order valence-corrected chi connectivity index (χ4v) is 21.3. The summed E-state index contributed by atoms with van der Waals surface area (Å²) >= 11 is 0. The van der Waals surface area contributed by atoms with E-state index < -0.39 is 91.7 Å². The van der Waals surface area contributed by atoms with Crippen LogP contribution in [0.4, 0.5) is 0 Å². The summed E-state index contributed by atoms with van der Waals surface area (Å²) < 4.78 is 36.9. The molecule has 0 amide bonds. The monoisotopic (exact) mass is 2030 g/mol. The number of aliphatic hydroxyl groups is 12. The van der Waals surface area contributed by atoms with Gasteiger partial charge in [0.15, 0.2) is 80.7 Å². The molecule has 148 heavy (non-hydrogen) atoms. The van der Waals surface area contributed by atoms with Crippen LogP contribution >= 0.6 is 0 Å². The van der Waals surface area contributed by atoms with Crippen LogP contribution in [0, 0.1) is 0 Å². The molecule has 6 aromatic heterocycles. The minimum atomic E-state index is -0.956. The summed E-state index contributed by atoms with van der Waals surface area (Å²) in [6.45, 7) is 11.0. The molecule has 0 spiro atoms. The number of rotatable bonds is 50. The zero-order chi connectivity index (χ0) is 106. The second-order valence-electron chi connectivity index (χ2n) is 41.2. The third-order valence-electron chi connectivity index (χ3n) is 28.8. The van der Waals surface area contributed by atoms with Crippen molar-refractivity contribution < 1.29 is 123 Å². The fraction of sp³-hybridized carbons (Fsp3) is 0.439. The normalized spacial score (nSPS) is 18.1. The van der Waals surface area contributed by atoms with Gasteiger partial charge in [0, 0.05) is 101 Å². The predicted molar refractivity (Wildman–Crippen MR) is 570 cm³/mol. The summed E-state index contributed by atoms with van der Waals surface area (Å²) in [4.78, 5) is 35.8. The molecule has 0 aliphatic carbocycles. The summed E-state index contributed by atoms with van der Waals surface area (Å²) in [6, 6.07) is 76.7. The molecule has 13 rings (SSSR count). The molecule has 12 N–H and O–H groups in total. The van der Waals surface area contributed by atoms with Gasteiger partial charge in [0.25, 0.3) is 0 Å². The Bertz CT molecular complexity index is 5860. The van der Waals surface area contributed by atoms with Gasteiger partial charge in [0.1, 0.15) is 72.6 Å². The lowest BCUT2D eigenvalue weighted by molar-refractivity contribution is -0.671. The van der Waals surface area contributed by atoms with Crippen molar-refractivity contribution in [1.29, 1.82) is 0 Å². The summed E-state index contributed by atoms with van der Waals surface area (Å²) in [6.07, 6.45) is 20.0. The number of methoxy groups -OCH3 is 2. The molecule has 1 saturated heterocycles. The number of carbonyl (C=O) groups is 3. The SMILES string of the molecule is C.CC(O)CC(O)CC(O)CC(O)CC(O)CC(O)CC(C)O.COc1ccc(C(C(c2ccc(C=O)cc2)C(c2cc[n+](C)cc2)C(Cc2ccc(C3OC(CC(O)CC(C)O)CC(CC(O)CC(O)CC(C)O)O3)cc2)c2cc[n+](C)cc2)[C@@H](C)c2cc[n+](C)cc2)cc1.COc1ccc(C(C(c2ccc(C=O)cc2)C(c2cc[n+](C)cc2)C(Cc2ccc(C=O)cc2)c2cc[n+](C)cc2)[C@@H](C)c2cc[n+](C)cc2)cc1.[H+]. The van der Waals surface area contributed by atoms with Crippen LogP contribution in [0.15, 0.2) is 293 Å². The molecule has 1 aliphatic heterocycles. The molecule has 0 saturated carbocycles. The number of aldehydes is 3. The Balaban J connectivity index is 0.000000281. The Morgan fingerprint density at radius 1 is 0.284 bits per heavy atom. The van der Waals surface area contributed by atoms with Crippen molar-refractivity contribution >= 4 is 18.9 Å². The van der Waals surface area contributed by atoms with Crippen molar-refractivity contribution in [2.45, 2.75) is 290 Å². The minimum absolute atomic E-state index is 0. The molecule has 1 aliphatic rings. The first-order valence-corrected chi connectivity index (χ1v) is 51.6. The van der Waals surface area contributed by atoms with Crippen LogP contribution in [0.2, 0.25) is 0 Å². The molecule has 24 atom stereocenters.